The van der Waals surface area contributed by atoms with Crippen molar-refractivity contribution in [2.45, 2.75) is 71.9 Å². The van der Waals surface area contributed by atoms with Crippen molar-refractivity contribution in [2.24, 2.45) is 4.99 Å². The molecule has 2 rings (SSSR count). The van der Waals surface area contributed by atoms with E-state index in [1.165, 1.54) is 0 Å². The smallest absolute Gasteiger partial charge is 0.213 e. The quantitative estimate of drug-likeness (QED) is 0.342. The fraction of sp³-hybridized carbons (Fsp3) is 0.632. The SMILES string of the molecule is CCC(CC)c1cc(CNC(=NC)NCc2ncc(C(C)(C)C)o2)on1.I. The molecule has 0 fully saturated rings. The molecule has 0 amide bonds. The van der Waals surface area contributed by atoms with E-state index in [4.69, 9.17) is 8.94 Å². The van der Waals surface area contributed by atoms with Gasteiger partial charge in [0.1, 0.15) is 5.76 Å². The Bertz CT molecular complexity index is 714. The van der Waals surface area contributed by atoms with Gasteiger partial charge in [-0.05, 0) is 12.8 Å². The molecule has 0 aliphatic heterocycles. The maximum atomic E-state index is 5.78. The first kappa shape index (κ1) is 23.5. The molecule has 0 radical (unpaired) electrons. The minimum absolute atomic E-state index is 0. The lowest BCUT2D eigenvalue weighted by Crippen LogP contribution is -2.36. The van der Waals surface area contributed by atoms with Crippen LogP contribution in [0, 0.1) is 0 Å². The lowest BCUT2D eigenvalue weighted by molar-refractivity contribution is 0.367. The molecule has 2 heterocycles. The normalized spacial score (nSPS) is 12.2. The number of halogens is 1. The first-order valence-corrected chi connectivity index (χ1v) is 9.22. The van der Waals surface area contributed by atoms with Gasteiger partial charge in [0.05, 0.1) is 25.0 Å². The van der Waals surface area contributed by atoms with Crippen LogP contribution in [0.15, 0.2) is 26.2 Å². The Morgan fingerprint density at radius 3 is 2.41 bits per heavy atom. The van der Waals surface area contributed by atoms with Gasteiger partial charge in [-0.2, -0.15) is 0 Å². The molecule has 0 bridgehead atoms. The summed E-state index contributed by atoms with van der Waals surface area (Å²) in [6, 6.07) is 2.02. The van der Waals surface area contributed by atoms with E-state index in [1.807, 2.05) is 6.07 Å². The van der Waals surface area contributed by atoms with Gasteiger partial charge in [-0.1, -0.05) is 39.8 Å². The van der Waals surface area contributed by atoms with E-state index < -0.39 is 0 Å². The molecule has 0 aliphatic rings. The number of oxazole rings is 1. The molecule has 2 N–H and O–H groups in total. The van der Waals surface area contributed by atoms with Crippen molar-refractivity contribution < 1.29 is 8.94 Å². The maximum absolute atomic E-state index is 5.78. The zero-order valence-electron chi connectivity index (χ0n) is 17.1. The minimum atomic E-state index is -0.0516. The number of nitrogens with one attached hydrogen (secondary N) is 2. The van der Waals surface area contributed by atoms with Gasteiger partial charge in [-0.25, -0.2) is 4.98 Å². The third-order valence-electron chi connectivity index (χ3n) is 4.33. The van der Waals surface area contributed by atoms with Gasteiger partial charge in [0.15, 0.2) is 11.7 Å². The van der Waals surface area contributed by atoms with Crippen LogP contribution in [0.25, 0.3) is 0 Å². The fourth-order valence-corrected chi connectivity index (χ4v) is 2.60. The summed E-state index contributed by atoms with van der Waals surface area (Å²) in [7, 11) is 1.72. The highest BCUT2D eigenvalue weighted by atomic mass is 127. The predicted molar refractivity (Wildman–Crippen MR) is 117 cm³/mol. The monoisotopic (exact) mass is 489 g/mol. The largest absolute Gasteiger partial charge is 0.443 e. The summed E-state index contributed by atoms with van der Waals surface area (Å²) in [6.45, 7) is 11.6. The molecule has 0 aliphatic carbocycles. The van der Waals surface area contributed by atoms with E-state index in [0.29, 0.717) is 30.9 Å². The van der Waals surface area contributed by atoms with Gasteiger partial charge in [0.25, 0.3) is 0 Å². The van der Waals surface area contributed by atoms with Crippen molar-refractivity contribution >= 4 is 29.9 Å². The predicted octanol–water partition coefficient (Wildman–Crippen LogP) is 4.35. The zero-order chi connectivity index (χ0) is 19.2. The van der Waals surface area contributed by atoms with Crippen molar-refractivity contribution in [1.82, 2.24) is 20.8 Å². The van der Waals surface area contributed by atoms with E-state index in [0.717, 1.165) is 30.1 Å². The average molecular weight is 489 g/mol. The van der Waals surface area contributed by atoms with Gasteiger partial charge < -0.3 is 19.6 Å². The average Bonchev–Trinajstić information content (AvgIpc) is 3.25. The van der Waals surface area contributed by atoms with Crippen molar-refractivity contribution in [1.29, 1.82) is 0 Å². The Balaban J connectivity index is 0.00000364. The topological polar surface area (TPSA) is 88.5 Å². The first-order valence-electron chi connectivity index (χ1n) is 9.22. The Hall–Kier alpha value is -1.58. The summed E-state index contributed by atoms with van der Waals surface area (Å²) in [5.41, 5.74) is 0.966. The Labute approximate surface area is 178 Å². The molecule has 0 saturated heterocycles. The van der Waals surface area contributed by atoms with Crippen molar-refractivity contribution in [2.75, 3.05) is 7.05 Å². The molecule has 0 spiro atoms. The second-order valence-corrected chi connectivity index (χ2v) is 7.38. The van der Waals surface area contributed by atoms with E-state index in [-0.39, 0.29) is 29.4 Å². The highest BCUT2D eigenvalue weighted by Gasteiger charge is 2.19. The molecule has 152 valence electrons. The molecule has 0 saturated carbocycles. The second kappa shape index (κ2) is 10.7. The first-order chi connectivity index (χ1) is 12.4. The van der Waals surface area contributed by atoms with E-state index in [1.54, 1.807) is 13.2 Å². The minimum Gasteiger partial charge on any atom is -0.443 e. The molecule has 2 aromatic heterocycles. The summed E-state index contributed by atoms with van der Waals surface area (Å²) in [6.07, 6.45) is 3.90. The molecular formula is C19H32IN5O2. The van der Waals surface area contributed by atoms with Crippen LogP contribution < -0.4 is 10.6 Å². The van der Waals surface area contributed by atoms with Crippen molar-refractivity contribution in [3.05, 3.63) is 35.4 Å². The number of aliphatic imine (C=N–C) groups is 1. The van der Waals surface area contributed by atoms with Crippen molar-refractivity contribution in [3.8, 4) is 0 Å². The molecule has 0 atom stereocenters. The van der Waals surface area contributed by atoms with Gasteiger partial charge in [-0.3, -0.25) is 4.99 Å². The van der Waals surface area contributed by atoms with Gasteiger partial charge in [0, 0.05) is 24.4 Å². The summed E-state index contributed by atoms with van der Waals surface area (Å²) < 4.78 is 11.2. The van der Waals surface area contributed by atoms with E-state index in [2.05, 4.69) is 60.4 Å². The molecule has 7 nitrogen and oxygen atoms in total. The molecular weight excluding hydrogens is 457 g/mol. The van der Waals surface area contributed by atoms with Crippen LogP contribution in [-0.4, -0.2) is 23.1 Å². The molecule has 0 unspecified atom stereocenters. The number of guanidine groups is 1. The standard InChI is InChI=1S/C19H31N5O2.HI/c1-7-13(8-2)15-9-14(26-24-15)10-22-18(20-6)23-12-17-21-11-16(25-17)19(3,4)5;/h9,11,13H,7-8,10,12H2,1-6H3,(H2,20,22,23);1H. The van der Waals surface area contributed by atoms with Crippen LogP contribution >= 0.6 is 24.0 Å². The Morgan fingerprint density at radius 1 is 1.19 bits per heavy atom. The zero-order valence-corrected chi connectivity index (χ0v) is 19.5. The second-order valence-electron chi connectivity index (χ2n) is 7.38. The van der Waals surface area contributed by atoms with Crippen LogP contribution in [-0.2, 0) is 18.5 Å². The van der Waals surface area contributed by atoms with E-state index >= 15 is 0 Å². The number of rotatable bonds is 7. The van der Waals surface area contributed by atoms with Crippen molar-refractivity contribution in [3.63, 3.8) is 0 Å². The lowest BCUT2D eigenvalue weighted by Gasteiger charge is -2.13. The Kier molecular flexibility index (Phi) is 9.28. The molecule has 0 aromatic carbocycles. The van der Waals surface area contributed by atoms with Crippen LogP contribution in [0.3, 0.4) is 0 Å². The highest BCUT2D eigenvalue weighted by molar-refractivity contribution is 14.0. The van der Waals surface area contributed by atoms with Gasteiger partial charge in [-0.15, -0.1) is 24.0 Å². The van der Waals surface area contributed by atoms with Crippen LogP contribution in [0.5, 0.6) is 0 Å². The summed E-state index contributed by atoms with van der Waals surface area (Å²) >= 11 is 0. The highest BCUT2D eigenvalue weighted by Crippen LogP contribution is 2.23. The molecule has 8 heteroatoms. The summed E-state index contributed by atoms with van der Waals surface area (Å²) in [4.78, 5) is 8.52. The summed E-state index contributed by atoms with van der Waals surface area (Å²) in [5, 5.41) is 10.6. The maximum Gasteiger partial charge on any atom is 0.213 e. The number of hydrogen-bond acceptors (Lipinski definition) is 5. The molecule has 2 aromatic rings. The van der Waals surface area contributed by atoms with Crippen LogP contribution in [0.1, 0.15) is 76.5 Å². The third kappa shape index (κ3) is 6.82. The van der Waals surface area contributed by atoms with Crippen LogP contribution in [0.2, 0.25) is 0 Å². The fourth-order valence-electron chi connectivity index (χ4n) is 2.60. The van der Waals surface area contributed by atoms with Crippen LogP contribution in [0.4, 0.5) is 0 Å². The number of aromatic nitrogens is 2. The number of hydrogen-bond donors (Lipinski definition) is 2. The Morgan fingerprint density at radius 2 is 1.85 bits per heavy atom. The summed E-state index contributed by atoms with van der Waals surface area (Å²) in [5.74, 6) is 3.40. The molecule has 27 heavy (non-hydrogen) atoms. The van der Waals surface area contributed by atoms with Gasteiger partial charge in [0.2, 0.25) is 5.89 Å². The number of nitrogens with zero attached hydrogens (tertiary/aromatic N) is 3. The third-order valence-corrected chi connectivity index (χ3v) is 4.33. The van der Waals surface area contributed by atoms with E-state index in [9.17, 15) is 0 Å². The van der Waals surface area contributed by atoms with Gasteiger partial charge >= 0.3 is 0 Å². The lowest BCUT2D eigenvalue weighted by atomic mass is 9.94.